The maximum absolute atomic E-state index is 14.1. The van der Waals surface area contributed by atoms with Gasteiger partial charge in [-0.2, -0.15) is 0 Å². The summed E-state index contributed by atoms with van der Waals surface area (Å²) in [6, 6.07) is 24.8. The van der Waals surface area contributed by atoms with Gasteiger partial charge in [0.05, 0.1) is 24.1 Å². The minimum absolute atomic E-state index is 0.000214. The van der Waals surface area contributed by atoms with Crippen molar-refractivity contribution >= 4 is 28.3 Å². The van der Waals surface area contributed by atoms with Gasteiger partial charge in [-0.05, 0) is 91.6 Å². The first-order chi connectivity index (χ1) is 20.3. The van der Waals surface area contributed by atoms with E-state index in [4.69, 9.17) is 13.9 Å². The van der Waals surface area contributed by atoms with Crippen molar-refractivity contribution in [3.8, 4) is 11.5 Å². The minimum Gasteiger partial charge on any atom is -0.493 e. The Kier molecular flexibility index (Phi) is 6.86. The molecule has 1 aliphatic heterocycles. The van der Waals surface area contributed by atoms with Crippen LogP contribution in [0.4, 0.5) is 5.69 Å². The number of fused-ring (bicyclic) bond motifs is 2. The molecule has 7 nitrogen and oxygen atoms in total. The van der Waals surface area contributed by atoms with Gasteiger partial charge in [0.25, 0.3) is 5.91 Å². The highest BCUT2D eigenvalue weighted by Gasteiger charge is 2.44. The second-order valence-corrected chi connectivity index (χ2v) is 10.5. The zero-order chi connectivity index (χ0) is 29.5. The van der Waals surface area contributed by atoms with Crippen LogP contribution in [-0.2, 0) is 6.61 Å². The molecule has 7 heteroatoms. The molecule has 42 heavy (non-hydrogen) atoms. The van der Waals surface area contributed by atoms with Crippen molar-refractivity contribution in [2.75, 3.05) is 12.0 Å². The van der Waals surface area contributed by atoms with Crippen molar-refractivity contribution in [3.63, 3.8) is 0 Å². The highest BCUT2D eigenvalue weighted by Crippen LogP contribution is 2.43. The van der Waals surface area contributed by atoms with E-state index in [0.29, 0.717) is 45.9 Å². The monoisotopic (exact) mass is 559 g/mol. The van der Waals surface area contributed by atoms with Crippen LogP contribution < -0.4 is 19.8 Å². The van der Waals surface area contributed by atoms with Crippen LogP contribution in [0.25, 0.3) is 11.0 Å². The molecule has 0 spiro atoms. The van der Waals surface area contributed by atoms with Crippen molar-refractivity contribution < 1.29 is 23.5 Å². The van der Waals surface area contributed by atoms with Gasteiger partial charge in [0.2, 0.25) is 5.76 Å². The van der Waals surface area contributed by atoms with Gasteiger partial charge in [-0.15, -0.1) is 0 Å². The van der Waals surface area contributed by atoms with Crippen molar-refractivity contribution in [2.45, 2.75) is 33.4 Å². The number of rotatable bonds is 7. The molecule has 0 N–H and O–H groups in total. The van der Waals surface area contributed by atoms with E-state index in [2.05, 4.69) is 0 Å². The topological polar surface area (TPSA) is 86.0 Å². The van der Waals surface area contributed by atoms with Crippen LogP contribution in [0.5, 0.6) is 11.5 Å². The summed E-state index contributed by atoms with van der Waals surface area (Å²) in [5.41, 5.74) is 4.98. The Morgan fingerprint density at radius 3 is 2.29 bits per heavy atom. The van der Waals surface area contributed by atoms with E-state index >= 15 is 0 Å². The van der Waals surface area contributed by atoms with Gasteiger partial charge in [0.15, 0.2) is 22.7 Å². The number of hydrogen-bond acceptors (Lipinski definition) is 6. The lowest BCUT2D eigenvalue weighted by Gasteiger charge is -2.26. The Balaban J connectivity index is 1.50. The highest BCUT2D eigenvalue weighted by atomic mass is 16.5. The molecular weight excluding hydrogens is 530 g/mol. The molecule has 1 aliphatic rings. The smallest absolute Gasteiger partial charge is 0.295 e. The number of ketones is 1. The first-order valence-electron chi connectivity index (χ1n) is 13.6. The first-order valence-corrected chi connectivity index (χ1v) is 13.6. The van der Waals surface area contributed by atoms with E-state index in [1.54, 1.807) is 49.6 Å². The number of carbonyl (C=O) groups is 2. The summed E-state index contributed by atoms with van der Waals surface area (Å²) in [7, 11) is 1.55. The third-order valence-electron chi connectivity index (χ3n) is 7.78. The average molecular weight is 560 g/mol. The third-order valence-corrected chi connectivity index (χ3v) is 7.78. The number of ether oxygens (including phenoxy) is 2. The molecular formula is C35H29NO6. The molecule has 0 saturated heterocycles. The van der Waals surface area contributed by atoms with E-state index in [0.717, 1.165) is 16.7 Å². The molecule has 2 heterocycles. The van der Waals surface area contributed by atoms with Gasteiger partial charge < -0.3 is 13.9 Å². The molecule has 4 aromatic carbocycles. The summed E-state index contributed by atoms with van der Waals surface area (Å²) < 4.78 is 17.9. The van der Waals surface area contributed by atoms with E-state index in [1.807, 2.05) is 56.3 Å². The second kappa shape index (κ2) is 10.7. The van der Waals surface area contributed by atoms with Gasteiger partial charge in [-0.1, -0.05) is 36.4 Å². The number of aryl methyl sites for hydroxylation is 2. The number of hydrogen-bond donors (Lipinski definition) is 0. The predicted molar refractivity (Wildman–Crippen MR) is 161 cm³/mol. The molecule has 0 bridgehead atoms. The Morgan fingerprint density at radius 2 is 1.60 bits per heavy atom. The molecule has 0 saturated carbocycles. The average Bonchev–Trinajstić information content (AvgIpc) is 3.29. The number of carbonyl (C=O) groups excluding carboxylic acids is 2. The minimum atomic E-state index is -0.796. The van der Waals surface area contributed by atoms with Crippen LogP contribution in [0.2, 0.25) is 0 Å². The first kappa shape index (κ1) is 27.0. The molecule has 0 radical (unpaired) electrons. The van der Waals surface area contributed by atoms with Crippen LogP contribution in [0.3, 0.4) is 0 Å². The zero-order valence-corrected chi connectivity index (χ0v) is 23.8. The van der Waals surface area contributed by atoms with Crippen LogP contribution in [0.1, 0.15) is 61.7 Å². The van der Waals surface area contributed by atoms with Crippen molar-refractivity contribution in [2.24, 2.45) is 0 Å². The SMILES string of the molecule is COc1cc(C2c3c(oc4cc(C)c(C)cc4c3=O)C(=O)N2c2ccc(C(C)=O)cc2)ccc1OCc1ccccc1. The van der Waals surface area contributed by atoms with Gasteiger partial charge in [-0.3, -0.25) is 19.3 Å². The summed E-state index contributed by atoms with van der Waals surface area (Å²) in [4.78, 5) is 41.5. The van der Waals surface area contributed by atoms with Crippen molar-refractivity contribution in [3.05, 3.63) is 134 Å². The highest BCUT2D eigenvalue weighted by molar-refractivity contribution is 6.11. The maximum Gasteiger partial charge on any atom is 0.295 e. The van der Waals surface area contributed by atoms with Crippen molar-refractivity contribution in [1.29, 1.82) is 0 Å². The van der Waals surface area contributed by atoms with Crippen LogP contribution >= 0.6 is 0 Å². The number of Topliss-reactive ketones (excluding diaryl/α,β-unsaturated/α-hetero) is 1. The molecule has 1 aromatic heterocycles. The summed E-state index contributed by atoms with van der Waals surface area (Å²) in [5, 5.41) is 0.415. The number of benzene rings is 4. The molecule has 1 unspecified atom stereocenters. The largest absolute Gasteiger partial charge is 0.493 e. The zero-order valence-electron chi connectivity index (χ0n) is 23.8. The van der Waals surface area contributed by atoms with E-state index in [9.17, 15) is 14.4 Å². The van der Waals surface area contributed by atoms with Gasteiger partial charge in [-0.25, -0.2) is 0 Å². The molecule has 210 valence electrons. The Labute approximate surface area is 242 Å². The Morgan fingerprint density at radius 1 is 0.881 bits per heavy atom. The fourth-order valence-electron chi connectivity index (χ4n) is 5.38. The van der Waals surface area contributed by atoms with Gasteiger partial charge in [0, 0.05) is 11.3 Å². The second-order valence-electron chi connectivity index (χ2n) is 10.5. The quantitative estimate of drug-likeness (QED) is 0.201. The molecule has 0 aliphatic carbocycles. The van der Waals surface area contributed by atoms with Gasteiger partial charge >= 0.3 is 0 Å². The number of nitrogens with zero attached hydrogens (tertiary/aromatic N) is 1. The number of anilines is 1. The molecule has 1 atom stereocenters. The van der Waals surface area contributed by atoms with Crippen LogP contribution in [0.15, 0.2) is 94.1 Å². The fourth-order valence-corrected chi connectivity index (χ4v) is 5.38. The Hall–Kier alpha value is -5.17. The molecule has 1 amide bonds. The normalized spacial score (nSPS) is 14.2. The van der Waals surface area contributed by atoms with E-state index in [1.165, 1.54) is 11.8 Å². The molecule has 5 aromatic rings. The lowest BCUT2D eigenvalue weighted by molar-refractivity contribution is 0.0970. The summed E-state index contributed by atoms with van der Waals surface area (Å²) >= 11 is 0. The summed E-state index contributed by atoms with van der Waals surface area (Å²) in [6.07, 6.45) is 0. The van der Waals surface area contributed by atoms with E-state index < -0.39 is 11.9 Å². The number of methoxy groups -OCH3 is 1. The fraction of sp³-hybridized carbons (Fsp3) is 0.171. The predicted octanol–water partition coefficient (Wildman–Crippen LogP) is 6.95. The molecule has 6 rings (SSSR count). The number of amides is 1. The van der Waals surface area contributed by atoms with Crippen LogP contribution in [-0.4, -0.2) is 18.8 Å². The summed E-state index contributed by atoms with van der Waals surface area (Å²) in [5.74, 6) is 0.473. The third kappa shape index (κ3) is 4.63. The standard InChI is InChI=1S/C35H29NO6/c1-20-16-27-29(17-21(20)2)42-34-31(33(27)38)32(36(35(34)39)26-13-10-24(11-14-26)22(3)37)25-12-15-28(30(18-25)40-4)41-19-23-8-6-5-7-9-23/h5-18,32H,19H2,1-4H3. The lowest BCUT2D eigenvalue weighted by atomic mass is 9.96. The van der Waals surface area contributed by atoms with Crippen LogP contribution in [0, 0.1) is 13.8 Å². The maximum atomic E-state index is 14.1. The van der Waals surface area contributed by atoms with Gasteiger partial charge in [0.1, 0.15) is 12.2 Å². The molecule has 0 fully saturated rings. The summed E-state index contributed by atoms with van der Waals surface area (Å²) in [6.45, 7) is 5.71. The van der Waals surface area contributed by atoms with E-state index in [-0.39, 0.29) is 22.5 Å². The Bertz CT molecular complexity index is 1910. The van der Waals surface area contributed by atoms with Crippen molar-refractivity contribution in [1.82, 2.24) is 0 Å². The lowest BCUT2D eigenvalue weighted by Crippen LogP contribution is -2.29.